The van der Waals surface area contributed by atoms with Crippen LogP contribution in [0.3, 0.4) is 0 Å². The zero-order chi connectivity index (χ0) is 14.8. The van der Waals surface area contributed by atoms with Gasteiger partial charge in [-0.3, -0.25) is 4.79 Å². The van der Waals surface area contributed by atoms with Gasteiger partial charge >= 0.3 is 0 Å². The smallest absolute Gasteiger partial charge is 0.241 e. The van der Waals surface area contributed by atoms with Crippen LogP contribution in [0.15, 0.2) is 4.99 Å². The molecule has 2 N–H and O–H groups in total. The third-order valence-corrected chi connectivity index (χ3v) is 3.23. The highest BCUT2D eigenvalue weighted by Gasteiger charge is 2.21. The monoisotopic (exact) mass is 284 g/mol. The second kappa shape index (κ2) is 9.58. The normalized spacial score (nSPS) is 17.1. The highest BCUT2D eigenvalue weighted by Crippen LogP contribution is 2.13. The lowest BCUT2D eigenvalue weighted by atomic mass is 10.1. The second-order valence-electron chi connectivity index (χ2n) is 4.77. The van der Waals surface area contributed by atoms with Crippen LogP contribution in [0.25, 0.3) is 0 Å². The van der Waals surface area contributed by atoms with E-state index in [1.165, 1.54) is 0 Å². The first-order valence-corrected chi connectivity index (χ1v) is 7.62. The van der Waals surface area contributed by atoms with E-state index in [2.05, 4.69) is 20.5 Å². The first-order chi connectivity index (χ1) is 9.71. The van der Waals surface area contributed by atoms with Gasteiger partial charge in [0.15, 0.2) is 5.96 Å². The number of piperidine rings is 1. The van der Waals surface area contributed by atoms with Gasteiger partial charge in [-0.25, -0.2) is 4.99 Å². The summed E-state index contributed by atoms with van der Waals surface area (Å²) in [6, 6.07) is 0. The third-order valence-electron chi connectivity index (χ3n) is 3.23. The number of likely N-dealkylation sites (tertiary alicyclic amines) is 1. The fourth-order valence-corrected chi connectivity index (χ4v) is 2.30. The Kier molecular flexibility index (Phi) is 8.02. The molecule has 0 saturated carbocycles. The van der Waals surface area contributed by atoms with Crippen LogP contribution in [0.5, 0.6) is 0 Å². The van der Waals surface area contributed by atoms with Crippen molar-refractivity contribution in [2.75, 3.05) is 39.3 Å². The van der Waals surface area contributed by atoms with Gasteiger partial charge in [-0.05, 0) is 33.6 Å². The number of guanidine groups is 1. The quantitative estimate of drug-likeness (QED) is 0.553. The average molecular weight is 284 g/mol. The van der Waals surface area contributed by atoms with Crippen LogP contribution in [0.4, 0.5) is 0 Å². The van der Waals surface area contributed by atoms with Crippen molar-refractivity contribution in [1.82, 2.24) is 15.5 Å². The minimum atomic E-state index is -0.0351. The lowest BCUT2D eigenvalue weighted by Crippen LogP contribution is -2.47. The molecule has 0 aromatic rings. The van der Waals surface area contributed by atoms with E-state index in [0.29, 0.717) is 12.6 Å². The first kappa shape index (κ1) is 16.8. The van der Waals surface area contributed by atoms with E-state index in [-0.39, 0.29) is 12.5 Å². The molecule has 116 valence electrons. The summed E-state index contributed by atoms with van der Waals surface area (Å²) in [7, 11) is 0. The SMILES string of the molecule is CCNC(=O)CN=C(NCC)N1CCC(OCC)CC1. The van der Waals surface area contributed by atoms with E-state index < -0.39 is 0 Å². The van der Waals surface area contributed by atoms with Crippen molar-refractivity contribution in [3.63, 3.8) is 0 Å². The summed E-state index contributed by atoms with van der Waals surface area (Å²) in [4.78, 5) is 18.1. The molecule has 0 aromatic heterocycles. The van der Waals surface area contributed by atoms with Gasteiger partial charge < -0.3 is 20.3 Å². The molecule has 0 aliphatic carbocycles. The molecule has 0 bridgehead atoms. The zero-order valence-corrected chi connectivity index (χ0v) is 12.9. The van der Waals surface area contributed by atoms with Crippen LogP contribution in [0.1, 0.15) is 33.6 Å². The molecule has 1 saturated heterocycles. The van der Waals surface area contributed by atoms with Crippen LogP contribution in [-0.2, 0) is 9.53 Å². The first-order valence-electron chi connectivity index (χ1n) is 7.62. The van der Waals surface area contributed by atoms with Crippen molar-refractivity contribution in [3.8, 4) is 0 Å². The van der Waals surface area contributed by atoms with Crippen molar-refractivity contribution in [2.24, 2.45) is 4.99 Å². The number of carbonyl (C=O) groups is 1. The van der Waals surface area contributed by atoms with Crippen molar-refractivity contribution in [1.29, 1.82) is 0 Å². The molecular formula is C14H28N4O2. The maximum absolute atomic E-state index is 11.5. The Hall–Kier alpha value is -1.30. The highest BCUT2D eigenvalue weighted by molar-refractivity contribution is 5.85. The molecule has 20 heavy (non-hydrogen) atoms. The minimum Gasteiger partial charge on any atom is -0.378 e. The summed E-state index contributed by atoms with van der Waals surface area (Å²) in [6.45, 7) is 10.2. The maximum atomic E-state index is 11.5. The maximum Gasteiger partial charge on any atom is 0.241 e. The van der Waals surface area contributed by atoms with Gasteiger partial charge in [0.25, 0.3) is 0 Å². The standard InChI is InChI=1S/C14H28N4O2/c1-4-15-13(19)11-17-14(16-5-2)18-9-7-12(8-10-18)20-6-3/h12H,4-11H2,1-3H3,(H,15,19)(H,16,17). The van der Waals surface area contributed by atoms with Gasteiger partial charge in [0.2, 0.25) is 5.91 Å². The van der Waals surface area contributed by atoms with E-state index in [9.17, 15) is 4.79 Å². The molecule has 1 rings (SSSR count). The highest BCUT2D eigenvalue weighted by atomic mass is 16.5. The number of aliphatic imine (C=N–C) groups is 1. The largest absolute Gasteiger partial charge is 0.378 e. The van der Waals surface area contributed by atoms with Crippen molar-refractivity contribution in [2.45, 2.75) is 39.7 Å². The molecule has 0 spiro atoms. The predicted molar refractivity (Wildman–Crippen MR) is 80.9 cm³/mol. The third kappa shape index (κ3) is 5.77. The molecule has 1 fully saturated rings. The topological polar surface area (TPSA) is 66.0 Å². The van der Waals surface area contributed by atoms with Gasteiger partial charge in [0, 0.05) is 32.8 Å². The Labute approximate surface area is 122 Å². The van der Waals surface area contributed by atoms with E-state index in [4.69, 9.17) is 4.74 Å². The fourth-order valence-electron chi connectivity index (χ4n) is 2.30. The van der Waals surface area contributed by atoms with E-state index in [1.807, 2.05) is 20.8 Å². The summed E-state index contributed by atoms with van der Waals surface area (Å²) in [5.74, 6) is 0.792. The number of hydrogen-bond donors (Lipinski definition) is 2. The van der Waals surface area contributed by atoms with Crippen molar-refractivity contribution >= 4 is 11.9 Å². The fraction of sp³-hybridized carbons (Fsp3) is 0.857. The molecule has 1 amide bonds. The molecule has 0 atom stereocenters. The van der Waals surface area contributed by atoms with Gasteiger partial charge in [-0.2, -0.15) is 0 Å². The number of rotatable bonds is 6. The zero-order valence-electron chi connectivity index (χ0n) is 12.9. The van der Waals surface area contributed by atoms with Gasteiger partial charge in [-0.1, -0.05) is 0 Å². The molecule has 1 heterocycles. The van der Waals surface area contributed by atoms with Crippen LogP contribution in [-0.4, -0.2) is 62.2 Å². The number of nitrogens with zero attached hydrogens (tertiary/aromatic N) is 2. The number of carbonyl (C=O) groups excluding carboxylic acids is 1. The molecule has 0 radical (unpaired) electrons. The number of likely N-dealkylation sites (N-methyl/N-ethyl adjacent to an activating group) is 1. The Morgan fingerprint density at radius 3 is 2.40 bits per heavy atom. The lowest BCUT2D eigenvalue weighted by molar-refractivity contribution is -0.119. The Morgan fingerprint density at radius 1 is 1.20 bits per heavy atom. The summed E-state index contributed by atoms with van der Waals surface area (Å²) >= 11 is 0. The molecular weight excluding hydrogens is 256 g/mol. The van der Waals surface area contributed by atoms with Crippen LogP contribution >= 0.6 is 0 Å². The minimum absolute atomic E-state index is 0.0351. The van der Waals surface area contributed by atoms with Crippen molar-refractivity contribution in [3.05, 3.63) is 0 Å². The van der Waals surface area contributed by atoms with Gasteiger partial charge in [0.1, 0.15) is 6.54 Å². The van der Waals surface area contributed by atoms with Gasteiger partial charge in [0.05, 0.1) is 6.10 Å². The number of amides is 1. The number of nitrogens with one attached hydrogen (secondary N) is 2. The molecule has 6 heteroatoms. The second-order valence-corrected chi connectivity index (χ2v) is 4.77. The Bertz CT molecular complexity index is 312. The van der Waals surface area contributed by atoms with Crippen LogP contribution < -0.4 is 10.6 Å². The molecule has 0 aromatic carbocycles. The van der Waals surface area contributed by atoms with Crippen molar-refractivity contribution < 1.29 is 9.53 Å². The molecule has 1 aliphatic rings. The van der Waals surface area contributed by atoms with E-state index >= 15 is 0 Å². The average Bonchev–Trinajstić information content (AvgIpc) is 2.45. The van der Waals surface area contributed by atoms with E-state index in [0.717, 1.165) is 45.0 Å². The lowest BCUT2D eigenvalue weighted by Gasteiger charge is -2.34. The Balaban J connectivity index is 2.49. The number of ether oxygens (including phenoxy) is 1. The van der Waals surface area contributed by atoms with Crippen LogP contribution in [0, 0.1) is 0 Å². The number of hydrogen-bond acceptors (Lipinski definition) is 3. The van der Waals surface area contributed by atoms with E-state index in [1.54, 1.807) is 0 Å². The molecule has 1 aliphatic heterocycles. The summed E-state index contributed by atoms with van der Waals surface area (Å²) < 4.78 is 5.65. The summed E-state index contributed by atoms with van der Waals surface area (Å²) in [5, 5.41) is 6.01. The molecule has 6 nitrogen and oxygen atoms in total. The van der Waals surface area contributed by atoms with Crippen LogP contribution in [0.2, 0.25) is 0 Å². The Morgan fingerprint density at radius 2 is 1.85 bits per heavy atom. The van der Waals surface area contributed by atoms with Gasteiger partial charge in [-0.15, -0.1) is 0 Å². The molecule has 0 unspecified atom stereocenters. The summed E-state index contributed by atoms with van der Waals surface area (Å²) in [5.41, 5.74) is 0. The predicted octanol–water partition coefficient (Wildman–Crippen LogP) is 0.589. The summed E-state index contributed by atoms with van der Waals surface area (Å²) in [6.07, 6.45) is 2.39.